The molecular formula is C21H26N2O2S. The van der Waals surface area contributed by atoms with Crippen molar-refractivity contribution in [1.82, 2.24) is 9.88 Å². The number of benzene rings is 1. The van der Waals surface area contributed by atoms with Crippen LogP contribution in [-0.2, 0) is 11.3 Å². The topological polar surface area (TPSA) is 42.4 Å². The maximum absolute atomic E-state index is 12.5. The number of aromatic nitrogens is 1. The predicted molar refractivity (Wildman–Crippen MR) is 105 cm³/mol. The van der Waals surface area contributed by atoms with Crippen molar-refractivity contribution in [1.29, 1.82) is 0 Å². The van der Waals surface area contributed by atoms with Crippen LogP contribution in [-0.4, -0.2) is 27.3 Å². The van der Waals surface area contributed by atoms with Gasteiger partial charge in [0.15, 0.2) is 0 Å². The normalized spacial score (nSPS) is 17.3. The molecule has 0 aliphatic carbocycles. The lowest BCUT2D eigenvalue weighted by molar-refractivity contribution is 0.0920. The zero-order valence-corrected chi connectivity index (χ0v) is 16.5. The lowest BCUT2D eigenvalue weighted by Gasteiger charge is -2.24. The minimum atomic E-state index is -0.246. The van der Waals surface area contributed by atoms with Gasteiger partial charge in [0, 0.05) is 17.5 Å². The van der Waals surface area contributed by atoms with Gasteiger partial charge in [0.1, 0.15) is 6.61 Å². The lowest BCUT2D eigenvalue weighted by atomic mass is 10.1. The van der Waals surface area contributed by atoms with Gasteiger partial charge in [-0.3, -0.25) is 0 Å². The molecular weight excluding hydrogens is 344 g/mol. The maximum Gasteiger partial charge on any atom is 0.410 e. The Morgan fingerprint density at radius 2 is 2.00 bits per heavy atom. The number of nitrogens with zero attached hydrogens (tertiary/aromatic N) is 2. The molecule has 3 rings (SSSR count). The van der Waals surface area contributed by atoms with E-state index in [0.29, 0.717) is 6.61 Å². The Hall–Kier alpha value is -2.01. The van der Waals surface area contributed by atoms with Crippen LogP contribution in [0, 0.1) is 0 Å². The number of rotatable bonds is 4. The summed E-state index contributed by atoms with van der Waals surface area (Å²) in [5.74, 6) is 0. The van der Waals surface area contributed by atoms with Gasteiger partial charge in [0.25, 0.3) is 0 Å². The van der Waals surface area contributed by atoms with Gasteiger partial charge in [-0.25, -0.2) is 9.78 Å². The first kappa shape index (κ1) is 18.8. The third-order valence-corrected chi connectivity index (χ3v) is 5.31. The SMILES string of the molecule is CC(C)(C)Sc1ccc([C@H]2CCCN2C(=O)OCc2ccccc2)cn1. The number of thioether (sulfide) groups is 1. The zero-order valence-electron chi connectivity index (χ0n) is 15.6. The van der Waals surface area contributed by atoms with Crippen molar-refractivity contribution in [3.63, 3.8) is 0 Å². The minimum absolute atomic E-state index is 0.0551. The molecule has 0 unspecified atom stereocenters. The zero-order chi connectivity index (χ0) is 18.6. The van der Waals surface area contributed by atoms with Crippen LogP contribution in [0.3, 0.4) is 0 Å². The van der Waals surface area contributed by atoms with Crippen LogP contribution < -0.4 is 0 Å². The Morgan fingerprint density at radius 3 is 2.65 bits per heavy atom. The summed E-state index contributed by atoms with van der Waals surface area (Å²) in [6.45, 7) is 7.57. The smallest absolute Gasteiger partial charge is 0.410 e. The Balaban J connectivity index is 1.63. The van der Waals surface area contributed by atoms with Crippen LogP contribution in [0.5, 0.6) is 0 Å². The molecule has 2 aromatic rings. The van der Waals surface area contributed by atoms with Crippen LogP contribution in [0.4, 0.5) is 4.79 Å². The van der Waals surface area contributed by atoms with E-state index >= 15 is 0 Å². The van der Waals surface area contributed by atoms with Crippen LogP contribution in [0.25, 0.3) is 0 Å². The number of pyridine rings is 1. The van der Waals surface area contributed by atoms with Crippen molar-refractivity contribution in [3.05, 3.63) is 59.8 Å². The maximum atomic E-state index is 12.5. The number of likely N-dealkylation sites (tertiary alicyclic amines) is 1. The summed E-state index contributed by atoms with van der Waals surface area (Å²) in [5, 5.41) is 1.01. The second-order valence-electron chi connectivity index (χ2n) is 7.54. The van der Waals surface area contributed by atoms with Crippen LogP contribution >= 0.6 is 11.8 Å². The van der Waals surface area contributed by atoms with E-state index in [1.165, 1.54) is 0 Å². The Bertz CT molecular complexity index is 726. The molecule has 0 saturated carbocycles. The molecule has 1 atom stereocenters. The standard InChI is InChI=1S/C21H26N2O2S/c1-21(2,3)26-19-12-11-17(14-22-19)18-10-7-13-23(18)20(24)25-15-16-8-5-4-6-9-16/h4-6,8-9,11-12,14,18H,7,10,13,15H2,1-3H3/t18-/m1/s1. The van der Waals surface area contributed by atoms with E-state index in [2.05, 4.69) is 37.9 Å². The highest BCUT2D eigenvalue weighted by Crippen LogP contribution is 2.34. The molecule has 0 bridgehead atoms. The number of carbonyl (C=O) groups excluding carboxylic acids is 1. The van der Waals surface area contributed by atoms with Crippen molar-refractivity contribution < 1.29 is 9.53 Å². The highest BCUT2D eigenvalue weighted by Gasteiger charge is 2.31. The summed E-state index contributed by atoms with van der Waals surface area (Å²) in [6.07, 6.45) is 3.60. The second-order valence-corrected chi connectivity index (χ2v) is 9.38. The molecule has 138 valence electrons. The molecule has 1 aromatic heterocycles. The van der Waals surface area contributed by atoms with Crippen LogP contribution in [0.1, 0.15) is 50.8 Å². The van der Waals surface area contributed by atoms with Gasteiger partial charge in [0.2, 0.25) is 0 Å². The highest BCUT2D eigenvalue weighted by molar-refractivity contribution is 8.00. The van der Waals surface area contributed by atoms with E-state index in [-0.39, 0.29) is 16.9 Å². The molecule has 0 radical (unpaired) electrons. The summed E-state index contributed by atoms with van der Waals surface area (Å²) in [4.78, 5) is 18.9. The quantitative estimate of drug-likeness (QED) is 0.672. The van der Waals surface area contributed by atoms with E-state index in [0.717, 1.165) is 35.5 Å². The molecule has 5 heteroatoms. The Morgan fingerprint density at radius 1 is 1.23 bits per heavy atom. The van der Waals surface area contributed by atoms with E-state index < -0.39 is 0 Å². The molecule has 1 aliphatic rings. The largest absolute Gasteiger partial charge is 0.445 e. The van der Waals surface area contributed by atoms with Gasteiger partial charge in [0.05, 0.1) is 11.1 Å². The van der Waals surface area contributed by atoms with E-state index in [1.54, 1.807) is 11.8 Å². The molecule has 1 aliphatic heterocycles. The molecule has 2 heterocycles. The van der Waals surface area contributed by atoms with Crippen LogP contribution in [0.15, 0.2) is 53.7 Å². The van der Waals surface area contributed by atoms with E-state index in [1.807, 2.05) is 41.4 Å². The monoisotopic (exact) mass is 370 g/mol. The average Bonchev–Trinajstić information content (AvgIpc) is 3.10. The molecule has 1 amide bonds. The average molecular weight is 371 g/mol. The van der Waals surface area contributed by atoms with Gasteiger partial charge in [-0.15, -0.1) is 11.8 Å². The fourth-order valence-electron chi connectivity index (χ4n) is 3.10. The van der Waals surface area contributed by atoms with Gasteiger partial charge >= 0.3 is 6.09 Å². The van der Waals surface area contributed by atoms with Crippen molar-refractivity contribution in [2.45, 2.75) is 56.0 Å². The number of carbonyl (C=O) groups is 1. The van der Waals surface area contributed by atoms with Gasteiger partial charge in [-0.1, -0.05) is 57.2 Å². The molecule has 1 saturated heterocycles. The molecule has 1 aromatic carbocycles. The number of amides is 1. The highest BCUT2D eigenvalue weighted by atomic mass is 32.2. The van der Waals surface area contributed by atoms with Crippen molar-refractivity contribution in [3.8, 4) is 0 Å². The molecule has 0 N–H and O–H groups in total. The molecule has 4 nitrogen and oxygen atoms in total. The number of hydrogen-bond acceptors (Lipinski definition) is 4. The summed E-state index contributed by atoms with van der Waals surface area (Å²) in [6, 6.07) is 14.0. The summed E-state index contributed by atoms with van der Waals surface area (Å²) in [7, 11) is 0. The lowest BCUT2D eigenvalue weighted by Crippen LogP contribution is -2.31. The molecule has 0 spiro atoms. The molecule has 26 heavy (non-hydrogen) atoms. The fraction of sp³-hybridized carbons (Fsp3) is 0.429. The van der Waals surface area contributed by atoms with Crippen molar-refractivity contribution in [2.75, 3.05) is 6.54 Å². The van der Waals surface area contributed by atoms with Gasteiger partial charge in [-0.05, 0) is 30.0 Å². The van der Waals surface area contributed by atoms with Crippen LogP contribution in [0.2, 0.25) is 0 Å². The fourth-order valence-corrected chi connectivity index (χ4v) is 3.97. The molecule has 1 fully saturated rings. The first-order valence-electron chi connectivity index (χ1n) is 9.05. The second kappa shape index (κ2) is 8.12. The van der Waals surface area contributed by atoms with Gasteiger partial charge < -0.3 is 9.64 Å². The first-order valence-corrected chi connectivity index (χ1v) is 9.86. The minimum Gasteiger partial charge on any atom is -0.445 e. The Kier molecular flexibility index (Phi) is 5.87. The van der Waals surface area contributed by atoms with E-state index in [4.69, 9.17) is 4.74 Å². The van der Waals surface area contributed by atoms with Crippen molar-refractivity contribution in [2.24, 2.45) is 0 Å². The summed E-state index contributed by atoms with van der Waals surface area (Å²) < 4.78 is 5.65. The van der Waals surface area contributed by atoms with Crippen molar-refractivity contribution >= 4 is 17.9 Å². The third kappa shape index (κ3) is 5.01. The summed E-state index contributed by atoms with van der Waals surface area (Å²) >= 11 is 1.75. The third-order valence-electron chi connectivity index (χ3n) is 4.25. The number of hydrogen-bond donors (Lipinski definition) is 0. The van der Waals surface area contributed by atoms with Gasteiger partial charge in [-0.2, -0.15) is 0 Å². The Labute approximate surface area is 160 Å². The first-order chi connectivity index (χ1) is 12.4. The van der Waals surface area contributed by atoms with E-state index in [9.17, 15) is 4.79 Å². The predicted octanol–water partition coefficient (Wildman–Crippen LogP) is 5.45. The number of ether oxygens (including phenoxy) is 1. The summed E-state index contributed by atoms with van der Waals surface area (Å²) in [5.41, 5.74) is 2.08.